The lowest BCUT2D eigenvalue weighted by Crippen LogP contribution is -2.60. The van der Waals surface area contributed by atoms with Crippen molar-refractivity contribution < 1.29 is 18.2 Å². The van der Waals surface area contributed by atoms with Gasteiger partial charge in [-0.25, -0.2) is 4.21 Å². The van der Waals surface area contributed by atoms with Crippen LogP contribution in [0.5, 0.6) is 0 Å². The van der Waals surface area contributed by atoms with E-state index in [-0.39, 0.29) is 6.10 Å². The summed E-state index contributed by atoms with van der Waals surface area (Å²) in [5.41, 5.74) is -0.961. The quantitative estimate of drug-likeness (QED) is 0.729. The summed E-state index contributed by atoms with van der Waals surface area (Å²) < 4.78 is 25.7. The maximum absolute atomic E-state index is 10.5. The number of hydrogen-bond donors (Lipinski definition) is 1. The monoisotopic (exact) mass is 236 g/mol. The predicted octanol–water partition coefficient (Wildman–Crippen LogP) is 1.21. The molecule has 1 heterocycles. The van der Waals surface area contributed by atoms with Crippen molar-refractivity contribution in [3.8, 4) is 0 Å². The summed E-state index contributed by atoms with van der Waals surface area (Å²) in [5.74, 6) is 0. The van der Waals surface area contributed by atoms with Crippen LogP contribution in [0.25, 0.3) is 0 Å². The molecule has 90 valence electrons. The van der Waals surface area contributed by atoms with E-state index in [1.165, 1.54) is 5.06 Å². The Morgan fingerprint density at radius 1 is 1.33 bits per heavy atom. The van der Waals surface area contributed by atoms with Crippen molar-refractivity contribution in [3.63, 3.8) is 0 Å². The number of nitrogens with zero attached hydrogens (tertiary/aromatic N) is 1. The topological polar surface area (TPSA) is 72.8 Å². The van der Waals surface area contributed by atoms with E-state index < -0.39 is 22.4 Å². The average Bonchev–Trinajstić information content (AvgIpc) is 1.97. The summed E-state index contributed by atoms with van der Waals surface area (Å²) >= 11 is -2.49. The van der Waals surface area contributed by atoms with Gasteiger partial charge in [0.1, 0.15) is 0 Å². The highest BCUT2D eigenvalue weighted by atomic mass is 32.2. The van der Waals surface area contributed by atoms with Crippen LogP contribution in [-0.4, -0.2) is 36.2 Å². The summed E-state index contributed by atoms with van der Waals surface area (Å²) in [7, 11) is 0. The fraction of sp³-hybridized carbons (Fsp3) is 1.00. The molecule has 5 nitrogen and oxygen atoms in total. The van der Waals surface area contributed by atoms with E-state index >= 15 is 0 Å². The van der Waals surface area contributed by atoms with Crippen molar-refractivity contribution in [3.05, 3.63) is 0 Å². The Balaban J connectivity index is 2.79. The molecule has 1 rings (SSSR count). The molecule has 0 aromatic carbocycles. The van der Waals surface area contributed by atoms with Crippen LogP contribution < -0.4 is 0 Å². The van der Waals surface area contributed by atoms with Crippen LogP contribution >= 0.6 is 0 Å². The standard InChI is InChI=1S/C9H19NO4S/c1-8(2)5-7(14-15(12)13)6-9(3,4)10(8)11/h7,11H,5-6H2,1-4H3,(H,12,13)/p-1. The maximum atomic E-state index is 10.5. The first kappa shape index (κ1) is 13.1. The van der Waals surface area contributed by atoms with Gasteiger partial charge < -0.3 is 9.76 Å². The van der Waals surface area contributed by atoms with Crippen LogP contribution in [0.1, 0.15) is 40.5 Å². The fourth-order valence-corrected chi connectivity index (χ4v) is 2.72. The molecule has 0 spiro atoms. The van der Waals surface area contributed by atoms with Gasteiger partial charge >= 0.3 is 0 Å². The van der Waals surface area contributed by atoms with Crippen molar-refractivity contribution in [2.45, 2.75) is 57.7 Å². The average molecular weight is 236 g/mol. The highest BCUT2D eigenvalue weighted by molar-refractivity contribution is 7.74. The molecule has 1 N–H and O–H groups in total. The largest absolute Gasteiger partial charge is 0.750 e. The Morgan fingerprint density at radius 3 is 2.07 bits per heavy atom. The maximum Gasteiger partial charge on any atom is 0.0844 e. The second-order valence-corrected chi connectivity index (χ2v) is 5.87. The fourth-order valence-electron chi connectivity index (χ4n) is 2.36. The first-order chi connectivity index (χ1) is 6.65. The highest BCUT2D eigenvalue weighted by Crippen LogP contribution is 2.37. The number of piperidine rings is 1. The molecule has 6 heteroatoms. The molecule has 0 aromatic rings. The Kier molecular flexibility index (Phi) is 3.57. The van der Waals surface area contributed by atoms with E-state index in [0.29, 0.717) is 12.8 Å². The van der Waals surface area contributed by atoms with Gasteiger partial charge in [0.2, 0.25) is 0 Å². The molecule has 1 fully saturated rings. The van der Waals surface area contributed by atoms with Gasteiger partial charge in [0, 0.05) is 11.1 Å². The zero-order chi connectivity index (χ0) is 11.9. The summed E-state index contributed by atoms with van der Waals surface area (Å²) in [6, 6.07) is 0. The lowest BCUT2D eigenvalue weighted by Gasteiger charge is -2.51. The molecule has 0 saturated carbocycles. The van der Waals surface area contributed by atoms with Gasteiger partial charge in [-0.1, -0.05) is 0 Å². The normalized spacial score (nSPS) is 28.9. The van der Waals surface area contributed by atoms with Crippen LogP contribution in [0.15, 0.2) is 0 Å². The van der Waals surface area contributed by atoms with Gasteiger partial charge in [-0.2, -0.15) is 5.06 Å². The van der Waals surface area contributed by atoms with E-state index in [4.69, 9.17) is 4.18 Å². The summed E-state index contributed by atoms with van der Waals surface area (Å²) in [6.07, 6.45) is 0.610. The zero-order valence-electron chi connectivity index (χ0n) is 9.52. The third-order valence-corrected chi connectivity index (χ3v) is 3.25. The van der Waals surface area contributed by atoms with Gasteiger partial charge in [0.05, 0.1) is 17.5 Å². The molecule has 0 bridgehead atoms. The van der Waals surface area contributed by atoms with Crippen molar-refractivity contribution in [2.24, 2.45) is 0 Å². The molecule has 1 aliphatic rings. The van der Waals surface area contributed by atoms with Crippen LogP contribution in [-0.2, 0) is 15.5 Å². The number of hydroxylamine groups is 2. The summed E-state index contributed by atoms with van der Waals surface area (Å²) in [4.78, 5) is 0. The molecular formula is C9H18NO4S-. The van der Waals surface area contributed by atoms with Crippen LogP contribution in [0.2, 0.25) is 0 Å². The molecule has 1 saturated heterocycles. The van der Waals surface area contributed by atoms with Crippen molar-refractivity contribution in [1.82, 2.24) is 5.06 Å². The van der Waals surface area contributed by atoms with E-state index in [0.717, 1.165) is 0 Å². The Labute approximate surface area is 92.9 Å². The minimum Gasteiger partial charge on any atom is -0.750 e. The van der Waals surface area contributed by atoms with Crippen LogP contribution in [0.3, 0.4) is 0 Å². The highest BCUT2D eigenvalue weighted by Gasteiger charge is 2.45. The van der Waals surface area contributed by atoms with Gasteiger partial charge in [0.15, 0.2) is 0 Å². The van der Waals surface area contributed by atoms with Crippen molar-refractivity contribution in [2.75, 3.05) is 0 Å². The minimum absolute atomic E-state index is 0.364. The van der Waals surface area contributed by atoms with Crippen molar-refractivity contribution >= 4 is 11.4 Å². The smallest absolute Gasteiger partial charge is 0.0844 e. The molecule has 1 atom stereocenters. The lowest BCUT2D eigenvalue weighted by molar-refractivity contribution is -0.254. The van der Waals surface area contributed by atoms with Crippen molar-refractivity contribution in [1.29, 1.82) is 0 Å². The van der Waals surface area contributed by atoms with Gasteiger partial charge in [-0.15, -0.1) is 0 Å². The molecule has 0 amide bonds. The number of hydrogen-bond acceptors (Lipinski definition) is 5. The first-order valence-corrected chi connectivity index (χ1v) is 5.91. The SMILES string of the molecule is CC1(C)CC(OS(=O)[O-])CC(C)(C)N1O. The van der Waals surface area contributed by atoms with Gasteiger partial charge in [0.25, 0.3) is 0 Å². The molecule has 0 aliphatic carbocycles. The molecular weight excluding hydrogens is 218 g/mol. The third kappa shape index (κ3) is 2.98. The second kappa shape index (κ2) is 4.10. The molecule has 15 heavy (non-hydrogen) atoms. The van der Waals surface area contributed by atoms with Crippen LogP contribution in [0, 0.1) is 0 Å². The third-order valence-electron chi connectivity index (χ3n) is 2.82. The Bertz CT molecular complexity index is 249. The van der Waals surface area contributed by atoms with E-state index in [1.807, 2.05) is 27.7 Å². The number of rotatable bonds is 2. The second-order valence-electron chi connectivity index (χ2n) is 5.27. The van der Waals surface area contributed by atoms with E-state index in [2.05, 4.69) is 0 Å². The molecule has 0 radical (unpaired) electrons. The van der Waals surface area contributed by atoms with E-state index in [1.54, 1.807) is 0 Å². The summed E-state index contributed by atoms with van der Waals surface area (Å²) in [6.45, 7) is 7.44. The Hall–Kier alpha value is -0.0100. The molecule has 0 aromatic heterocycles. The van der Waals surface area contributed by atoms with Crippen LogP contribution in [0.4, 0.5) is 0 Å². The molecule has 1 aliphatic heterocycles. The lowest BCUT2D eigenvalue weighted by atomic mass is 9.80. The minimum atomic E-state index is -2.49. The van der Waals surface area contributed by atoms with Gasteiger partial charge in [-0.3, -0.25) is 4.18 Å². The Morgan fingerprint density at radius 2 is 1.73 bits per heavy atom. The predicted molar refractivity (Wildman–Crippen MR) is 54.8 cm³/mol. The van der Waals surface area contributed by atoms with E-state index in [9.17, 15) is 14.0 Å². The summed E-state index contributed by atoms with van der Waals surface area (Å²) in [5, 5.41) is 11.2. The zero-order valence-corrected chi connectivity index (χ0v) is 10.3. The molecule has 1 unspecified atom stereocenters. The van der Waals surface area contributed by atoms with Gasteiger partial charge in [-0.05, 0) is 40.5 Å². The first-order valence-electron chi connectivity index (χ1n) is 4.91.